The summed E-state index contributed by atoms with van der Waals surface area (Å²) in [6.45, 7) is 2.88. The van der Waals surface area contributed by atoms with Crippen molar-refractivity contribution in [3.63, 3.8) is 0 Å². The molecule has 0 amide bonds. The zero-order valence-electron chi connectivity index (χ0n) is 10.2. The summed E-state index contributed by atoms with van der Waals surface area (Å²) >= 11 is 5.56. The summed E-state index contributed by atoms with van der Waals surface area (Å²) in [7, 11) is -3.49. The normalized spacial score (nSPS) is 16.8. The third kappa shape index (κ3) is 2.81. The van der Waals surface area contributed by atoms with Gasteiger partial charge in [-0.25, -0.2) is 18.4 Å². The average molecular weight is 290 g/mol. The molecule has 1 aliphatic rings. The van der Waals surface area contributed by atoms with Crippen molar-refractivity contribution in [3.05, 3.63) is 17.7 Å². The van der Waals surface area contributed by atoms with Gasteiger partial charge < -0.3 is 0 Å². The van der Waals surface area contributed by atoms with Crippen molar-refractivity contribution in [2.24, 2.45) is 5.92 Å². The van der Waals surface area contributed by atoms with Gasteiger partial charge in [0, 0.05) is 13.1 Å². The summed E-state index contributed by atoms with van der Waals surface area (Å²) in [6, 6.07) is 0. The third-order valence-corrected chi connectivity index (χ3v) is 5.36. The smallest absolute Gasteiger partial charge is 0.225 e. The van der Waals surface area contributed by atoms with Crippen LogP contribution in [-0.2, 0) is 10.0 Å². The van der Waals surface area contributed by atoms with Crippen molar-refractivity contribution in [1.82, 2.24) is 14.3 Å². The summed E-state index contributed by atoms with van der Waals surface area (Å²) in [5.74, 6) is 0.493. The highest BCUT2D eigenvalue weighted by molar-refractivity contribution is 7.89. The largest absolute Gasteiger partial charge is 0.246 e. The van der Waals surface area contributed by atoms with Crippen LogP contribution in [0.5, 0.6) is 0 Å². The van der Waals surface area contributed by atoms with E-state index >= 15 is 0 Å². The Kier molecular flexibility index (Phi) is 4.19. The molecule has 0 unspecified atom stereocenters. The zero-order chi connectivity index (χ0) is 13.2. The fraction of sp³-hybridized carbons (Fsp3) is 0.636. The summed E-state index contributed by atoms with van der Waals surface area (Å²) in [5, 5.41) is 0.0518. The van der Waals surface area contributed by atoms with Crippen LogP contribution in [0.25, 0.3) is 0 Å². The Labute approximate surface area is 112 Å². The number of rotatable bonds is 5. The van der Waals surface area contributed by atoms with E-state index in [1.54, 1.807) is 0 Å². The predicted molar refractivity (Wildman–Crippen MR) is 68.8 cm³/mol. The number of halogens is 1. The molecule has 1 heterocycles. The first kappa shape index (κ1) is 13.7. The second-order valence-electron chi connectivity index (χ2n) is 4.44. The van der Waals surface area contributed by atoms with Gasteiger partial charge in [0.15, 0.2) is 0 Å². The Morgan fingerprint density at radius 1 is 1.39 bits per heavy atom. The van der Waals surface area contributed by atoms with Gasteiger partial charge in [-0.05, 0) is 30.4 Å². The molecule has 2 rings (SSSR count). The molecule has 100 valence electrons. The number of hydrogen-bond donors (Lipinski definition) is 0. The molecule has 1 aromatic heterocycles. The number of nitrogens with zero attached hydrogens (tertiary/aromatic N) is 3. The molecule has 1 aliphatic carbocycles. The van der Waals surface area contributed by atoms with Crippen LogP contribution in [0.2, 0.25) is 5.28 Å². The monoisotopic (exact) mass is 289 g/mol. The van der Waals surface area contributed by atoms with Crippen LogP contribution in [0.15, 0.2) is 17.3 Å². The molecule has 0 bridgehead atoms. The highest BCUT2D eigenvalue weighted by Gasteiger charge is 2.28. The molecule has 0 aliphatic heterocycles. The quantitative estimate of drug-likeness (QED) is 0.777. The fourth-order valence-corrected chi connectivity index (χ4v) is 3.46. The number of hydrogen-bond acceptors (Lipinski definition) is 4. The van der Waals surface area contributed by atoms with Crippen LogP contribution in [0.4, 0.5) is 0 Å². The first-order valence-electron chi connectivity index (χ1n) is 6.01. The summed E-state index contributed by atoms with van der Waals surface area (Å²) in [4.78, 5) is 7.55. The third-order valence-electron chi connectivity index (χ3n) is 3.27. The topological polar surface area (TPSA) is 63.2 Å². The molecule has 0 spiro atoms. The van der Waals surface area contributed by atoms with Crippen molar-refractivity contribution < 1.29 is 8.42 Å². The van der Waals surface area contributed by atoms with E-state index in [0.29, 0.717) is 19.0 Å². The van der Waals surface area contributed by atoms with Crippen LogP contribution in [0, 0.1) is 5.92 Å². The molecular formula is C11H16ClN3O2S. The van der Waals surface area contributed by atoms with E-state index in [1.807, 2.05) is 6.92 Å². The minimum Gasteiger partial charge on any atom is -0.225 e. The highest BCUT2D eigenvalue weighted by atomic mass is 35.5. The Bertz CT molecular complexity index is 500. The lowest BCUT2D eigenvalue weighted by Crippen LogP contribution is -2.37. The number of aromatic nitrogens is 2. The van der Waals surface area contributed by atoms with Gasteiger partial charge in [0.1, 0.15) is 4.90 Å². The maximum absolute atomic E-state index is 12.4. The second-order valence-corrected chi connectivity index (χ2v) is 6.72. The Balaban J connectivity index is 2.18. The van der Waals surface area contributed by atoms with E-state index in [2.05, 4.69) is 9.97 Å². The lowest BCUT2D eigenvalue weighted by atomic mass is 9.85. The van der Waals surface area contributed by atoms with Crippen LogP contribution in [-0.4, -0.2) is 35.8 Å². The Morgan fingerprint density at radius 3 is 2.44 bits per heavy atom. The molecule has 7 heteroatoms. The van der Waals surface area contributed by atoms with Gasteiger partial charge in [-0.2, -0.15) is 4.31 Å². The standard InChI is InChI=1S/C11H16ClN3O2S/c1-2-15(8-9-4-3-5-9)18(16,17)10-6-13-11(12)14-7-10/h6-7,9H,2-5,8H2,1H3. The summed E-state index contributed by atoms with van der Waals surface area (Å²) in [6.07, 6.45) is 5.95. The Morgan fingerprint density at radius 2 is 2.00 bits per heavy atom. The van der Waals surface area contributed by atoms with Crippen LogP contribution < -0.4 is 0 Å². The lowest BCUT2D eigenvalue weighted by molar-refractivity contribution is 0.250. The van der Waals surface area contributed by atoms with E-state index in [1.165, 1.54) is 23.1 Å². The van der Waals surface area contributed by atoms with Crippen molar-refractivity contribution in [2.75, 3.05) is 13.1 Å². The molecule has 0 radical (unpaired) electrons. The van der Waals surface area contributed by atoms with Crippen LogP contribution in [0.3, 0.4) is 0 Å². The molecule has 0 saturated heterocycles. The maximum Gasteiger partial charge on any atom is 0.246 e. The van der Waals surface area contributed by atoms with E-state index in [-0.39, 0.29) is 10.2 Å². The van der Waals surface area contributed by atoms with E-state index in [0.717, 1.165) is 12.8 Å². The van der Waals surface area contributed by atoms with Gasteiger partial charge in [-0.1, -0.05) is 13.3 Å². The van der Waals surface area contributed by atoms with Crippen LogP contribution >= 0.6 is 11.6 Å². The lowest BCUT2D eigenvalue weighted by Gasteiger charge is -2.31. The maximum atomic E-state index is 12.4. The predicted octanol–water partition coefficient (Wildman–Crippen LogP) is 1.94. The molecular weight excluding hydrogens is 274 g/mol. The van der Waals surface area contributed by atoms with Crippen LogP contribution in [0.1, 0.15) is 26.2 Å². The van der Waals surface area contributed by atoms with Gasteiger partial charge in [0.2, 0.25) is 15.3 Å². The van der Waals surface area contributed by atoms with Crippen molar-refractivity contribution in [1.29, 1.82) is 0 Å². The molecule has 0 aromatic carbocycles. The van der Waals surface area contributed by atoms with Crippen molar-refractivity contribution >= 4 is 21.6 Å². The first-order chi connectivity index (χ1) is 8.54. The first-order valence-corrected chi connectivity index (χ1v) is 7.83. The average Bonchev–Trinajstić information content (AvgIpc) is 2.28. The zero-order valence-corrected chi connectivity index (χ0v) is 11.8. The minimum atomic E-state index is -3.49. The molecule has 1 saturated carbocycles. The van der Waals surface area contributed by atoms with Gasteiger partial charge >= 0.3 is 0 Å². The molecule has 0 N–H and O–H groups in total. The second kappa shape index (κ2) is 5.50. The van der Waals surface area contributed by atoms with Crippen molar-refractivity contribution in [3.8, 4) is 0 Å². The molecule has 5 nitrogen and oxygen atoms in total. The molecule has 1 aromatic rings. The summed E-state index contributed by atoms with van der Waals surface area (Å²) in [5.41, 5.74) is 0. The fourth-order valence-electron chi connectivity index (χ4n) is 1.94. The van der Waals surface area contributed by atoms with Gasteiger partial charge in [0.05, 0.1) is 12.4 Å². The Hall–Kier alpha value is -0.720. The van der Waals surface area contributed by atoms with Crippen molar-refractivity contribution in [2.45, 2.75) is 31.1 Å². The molecule has 0 atom stereocenters. The van der Waals surface area contributed by atoms with E-state index in [9.17, 15) is 8.42 Å². The number of sulfonamides is 1. The van der Waals surface area contributed by atoms with Gasteiger partial charge in [-0.15, -0.1) is 0 Å². The van der Waals surface area contributed by atoms with Gasteiger partial charge in [-0.3, -0.25) is 0 Å². The SMILES string of the molecule is CCN(CC1CCC1)S(=O)(=O)c1cnc(Cl)nc1. The molecule has 18 heavy (non-hydrogen) atoms. The minimum absolute atomic E-state index is 0.0518. The molecule has 1 fully saturated rings. The van der Waals surface area contributed by atoms with E-state index < -0.39 is 10.0 Å². The highest BCUT2D eigenvalue weighted by Crippen LogP contribution is 2.28. The summed E-state index contributed by atoms with van der Waals surface area (Å²) < 4.78 is 26.2. The van der Waals surface area contributed by atoms with E-state index in [4.69, 9.17) is 11.6 Å². The van der Waals surface area contributed by atoms with Gasteiger partial charge in [0.25, 0.3) is 0 Å².